The van der Waals surface area contributed by atoms with Crippen molar-refractivity contribution in [3.8, 4) is 0 Å². The van der Waals surface area contributed by atoms with Crippen molar-refractivity contribution in [1.29, 1.82) is 0 Å². The molecule has 3 aromatic rings. The number of nitrogens with zero attached hydrogens (tertiary/aromatic N) is 4. The SMILES string of the molecule is C1=Nc2ccccc2N=Cc2nc3ccccc3nc21. The van der Waals surface area contributed by atoms with Crippen LogP contribution in [0.4, 0.5) is 11.4 Å². The van der Waals surface area contributed by atoms with E-state index in [9.17, 15) is 0 Å². The minimum atomic E-state index is 0.738. The van der Waals surface area contributed by atoms with E-state index in [4.69, 9.17) is 0 Å². The molecular formula is C16H10N4. The number of para-hydroxylation sites is 4. The summed E-state index contributed by atoms with van der Waals surface area (Å²) in [5, 5.41) is 0. The van der Waals surface area contributed by atoms with Crippen molar-refractivity contribution in [3.05, 3.63) is 59.9 Å². The summed E-state index contributed by atoms with van der Waals surface area (Å²) in [6.07, 6.45) is 3.50. The molecule has 0 saturated carbocycles. The summed E-state index contributed by atoms with van der Waals surface area (Å²) in [5.74, 6) is 0. The van der Waals surface area contributed by atoms with Crippen molar-refractivity contribution in [3.63, 3.8) is 0 Å². The van der Waals surface area contributed by atoms with Crippen LogP contribution in [0.2, 0.25) is 0 Å². The van der Waals surface area contributed by atoms with Gasteiger partial charge >= 0.3 is 0 Å². The fourth-order valence-electron chi connectivity index (χ4n) is 2.16. The smallest absolute Gasteiger partial charge is 0.109 e. The van der Waals surface area contributed by atoms with E-state index in [2.05, 4.69) is 20.0 Å². The maximum atomic E-state index is 4.59. The van der Waals surface area contributed by atoms with E-state index >= 15 is 0 Å². The first-order chi connectivity index (χ1) is 9.90. The average Bonchev–Trinajstić information content (AvgIpc) is 2.49. The van der Waals surface area contributed by atoms with Crippen molar-refractivity contribution in [2.75, 3.05) is 0 Å². The second-order valence-corrected chi connectivity index (χ2v) is 4.49. The number of hydrogen-bond donors (Lipinski definition) is 0. The van der Waals surface area contributed by atoms with Crippen LogP contribution in [-0.4, -0.2) is 22.4 Å². The Bertz CT molecular complexity index is 794. The lowest BCUT2D eigenvalue weighted by Crippen LogP contribution is -2.02. The van der Waals surface area contributed by atoms with Gasteiger partial charge in [-0.15, -0.1) is 0 Å². The molecule has 1 aliphatic heterocycles. The molecule has 0 radical (unpaired) electrons. The first-order valence-corrected chi connectivity index (χ1v) is 6.34. The summed E-state index contributed by atoms with van der Waals surface area (Å²) in [6.45, 7) is 0. The average molecular weight is 258 g/mol. The van der Waals surface area contributed by atoms with Crippen LogP contribution in [0.1, 0.15) is 11.4 Å². The minimum Gasteiger partial charge on any atom is -0.252 e. The number of rotatable bonds is 0. The summed E-state index contributed by atoms with van der Waals surface area (Å²) in [6, 6.07) is 15.5. The van der Waals surface area contributed by atoms with E-state index in [-0.39, 0.29) is 0 Å². The number of hydrogen-bond acceptors (Lipinski definition) is 4. The van der Waals surface area contributed by atoms with Gasteiger partial charge in [-0.25, -0.2) is 9.97 Å². The molecule has 0 spiro atoms. The number of aromatic nitrogens is 2. The zero-order valence-electron chi connectivity index (χ0n) is 10.6. The highest BCUT2D eigenvalue weighted by molar-refractivity contribution is 5.97. The van der Waals surface area contributed by atoms with Gasteiger partial charge in [-0.3, -0.25) is 9.98 Å². The van der Waals surface area contributed by atoms with Gasteiger partial charge in [0.05, 0.1) is 34.8 Å². The molecule has 0 bridgehead atoms. The third-order valence-electron chi connectivity index (χ3n) is 3.16. The Morgan fingerprint density at radius 1 is 0.550 bits per heavy atom. The van der Waals surface area contributed by atoms with Crippen molar-refractivity contribution in [2.24, 2.45) is 9.98 Å². The molecule has 0 atom stereocenters. The molecule has 94 valence electrons. The van der Waals surface area contributed by atoms with Gasteiger partial charge in [0, 0.05) is 0 Å². The molecule has 0 fully saturated rings. The molecule has 1 aliphatic rings. The quantitative estimate of drug-likeness (QED) is 0.485. The van der Waals surface area contributed by atoms with E-state index in [1.807, 2.05) is 48.5 Å². The molecule has 2 heterocycles. The summed E-state index contributed by atoms with van der Waals surface area (Å²) in [7, 11) is 0. The molecule has 0 amide bonds. The fourth-order valence-corrected chi connectivity index (χ4v) is 2.16. The third kappa shape index (κ3) is 1.78. The van der Waals surface area contributed by atoms with Crippen LogP contribution in [0, 0.1) is 0 Å². The number of aliphatic imine (C=N–C) groups is 2. The van der Waals surface area contributed by atoms with Gasteiger partial charge in [0.1, 0.15) is 11.4 Å². The van der Waals surface area contributed by atoms with E-state index < -0.39 is 0 Å². The third-order valence-corrected chi connectivity index (χ3v) is 3.16. The molecule has 2 aromatic carbocycles. The number of fused-ring (bicyclic) bond motifs is 3. The fraction of sp³-hybridized carbons (Fsp3) is 0. The monoisotopic (exact) mass is 258 g/mol. The van der Waals surface area contributed by atoms with Crippen LogP contribution in [0.15, 0.2) is 58.5 Å². The zero-order valence-corrected chi connectivity index (χ0v) is 10.6. The normalized spacial score (nSPS) is 12.6. The van der Waals surface area contributed by atoms with Gasteiger partial charge < -0.3 is 0 Å². The largest absolute Gasteiger partial charge is 0.252 e. The lowest BCUT2D eigenvalue weighted by molar-refractivity contribution is 1.24. The highest BCUT2D eigenvalue weighted by atomic mass is 14.9. The second kappa shape index (κ2) is 4.35. The maximum absolute atomic E-state index is 4.59. The summed E-state index contributed by atoms with van der Waals surface area (Å²) >= 11 is 0. The van der Waals surface area contributed by atoms with Crippen LogP contribution in [0.3, 0.4) is 0 Å². The van der Waals surface area contributed by atoms with Gasteiger partial charge in [-0.05, 0) is 24.3 Å². The van der Waals surface area contributed by atoms with Crippen LogP contribution in [-0.2, 0) is 0 Å². The van der Waals surface area contributed by atoms with Gasteiger partial charge in [-0.2, -0.15) is 0 Å². The molecule has 0 N–H and O–H groups in total. The van der Waals surface area contributed by atoms with Crippen LogP contribution in [0.25, 0.3) is 11.0 Å². The molecule has 0 saturated heterocycles. The van der Waals surface area contributed by atoms with E-state index in [0.29, 0.717) is 0 Å². The molecule has 4 nitrogen and oxygen atoms in total. The molecular weight excluding hydrogens is 248 g/mol. The Kier molecular flexibility index (Phi) is 2.39. The van der Waals surface area contributed by atoms with Crippen LogP contribution in [0.5, 0.6) is 0 Å². The van der Waals surface area contributed by atoms with E-state index in [1.165, 1.54) is 0 Å². The van der Waals surface area contributed by atoms with Crippen LogP contribution < -0.4 is 0 Å². The van der Waals surface area contributed by atoms with Crippen LogP contribution >= 0.6 is 0 Å². The summed E-state index contributed by atoms with van der Waals surface area (Å²) in [5.41, 5.74) is 4.87. The van der Waals surface area contributed by atoms with Crippen molar-refractivity contribution in [2.45, 2.75) is 0 Å². The van der Waals surface area contributed by atoms with E-state index in [0.717, 1.165) is 33.8 Å². The lowest BCUT2D eigenvalue weighted by Gasteiger charge is -2.06. The number of benzene rings is 2. The predicted molar refractivity (Wildman–Crippen MR) is 80.5 cm³/mol. The Morgan fingerprint density at radius 2 is 1.00 bits per heavy atom. The standard InChI is InChI=1S/C16H10N4/c1-2-6-12-11(5-1)17-9-15-16(10-18-12)20-14-8-4-3-7-13(14)19-15/h1-10H. The first kappa shape index (κ1) is 11.0. The van der Waals surface area contributed by atoms with Crippen molar-refractivity contribution < 1.29 is 0 Å². The summed E-state index contributed by atoms with van der Waals surface area (Å²) < 4.78 is 0. The van der Waals surface area contributed by atoms with Crippen molar-refractivity contribution >= 4 is 34.8 Å². The molecule has 0 unspecified atom stereocenters. The highest BCUT2D eigenvalue weighted by Gasteiger charge is 2.08. The molecule has 1 aromatic heterocycles. The zero-order chi connectivity index (χ0) is 13.4. The van der Waals surface area contributed by atoms with Gasteiger partial charge in [0.15, 0.2) is 0 Å². The Morgan fingerprint density at radius 3 is 1.50 bits per heavy atom. The van der Waals surface area contributed by atoms with Gasteiger partial charge in [0.25, 0.3) is 0 Å². The predicted octanol–water partition coefficient (Wildman–Crippen LogP) is 3.44. The molecule has 4 rings (SSSR count). The minimum absolute atomic E-state index is 0.738. The van der Waals surface area contributed by atoms with Gasteiger partial charge in [-0.1, -0.05) is 24.3 Å². The Hall–Kier alpha value is -2.88. The maximum Gasteiger partial charge on any atom is 0.109 e. The molecule has 20 heavy (non-hydrogen) atoms. The molecule has 0 aliphatic carbocycles. The Balaban J connectivity index is 1.95. The topological polar surface area (TPSA) is 50.5 Å². The van der Waals surface area contributed by atoms with Gasteiger partial charge in [0.2, 0.25) is 0 Å². The van der Waals surface area contributed by atoms with Crippen molar-refractivity contribution in [1.82, 2.24) is 9.97 Å². The lowest BCUT2D eigenvalue weighted by atomic mass is 10.2. The first-order valence-electron chi connectivity index (χ1n) is 6.34. The Labute approximate surface area is 115 Å². The highest BCUT2D eigenvalue weighted by Crippen LogP contribution is 2.28. The second-order valence-electron chi connectivity index (χ2n) is 4.49. The van der Waals surface area contributed by atoms with E-state index in [1.54, 1.807) is 12.4 Å². The summed E-state index contributed by atoms with van der Waals surface area (Å²) in [4.78, 5) is 18.1. The molecule has 4 heteroatoms.